The Kier molecular flexibility index (Phi) is 7.22. The molecule has 2 unspecified atom stereocenters. The molecule has 2 aromatic heterocycles. The van der Waals surface area contributed by atoms with Gasteiger partial charge in [0.2, 0.25) is 0 Å². The van der Waals surface area contributed by atoms with E-state index in [4.69, 9.17) is 32.5 Å². The van der Waals surface area contributed by atoms with Gasteiger partial charge in [0.05, 0.1) is 41.8 Å². The fourth-order valence-corrected chi connectivity index (χ4v) is 6.30. The van der Waals surface area contributed by atoms with E-state index in [-0.39, 0.29) is 29.9 Å². The van der Waals surface area contributed by atoms with Crippen LogP contribution in [0.4, 0.5) is 10.5 Å². The summed E-state index contributed by atoms with van der Waals surface area (Å²) < 4.78 is 16.9. The molecular weight excluding hydrogens is 543 g/mol. The van der Waals surface area contributed by atoms with Gasteiger partial charge in [-0.05, 0) is 62.8 Å². The van der Waals surface area contributed by atoms with E-state index in [1.165, 1.54) is 19.4 Å². The van der Waals surface area contributed by atoms with Gasteiger partial charge >= 0.3 is 12.0 Å². The minimum absolute atomic E-state index is 0.00377. The smallest absolute Gasteiger partial charge is 0.356 e. The fraction of sp³-hybridized carbons (Fsp3) is 0.429. The Bertz CT molecular complexity index is 1360. The lowest BCUT2D eigenvalue weighted by Gasteiger charge is -2.38. The number of carbonyl (C=O) groups excluding carboxylic acids is 2. The number of anilines is 1. The third-order valence-corrected chi connectivity index (χ3v) is 8.39. The summed E-state index contributed by atoms with van der Waals surface area (Å²) in [6.07, 6.45) is 6.94. The van der Waals surface area contributed by atoms with E-state index in [0.717, 1.165) is 49.8 Å². The average molecular weight is 571 g/mol. The second kappa shape index (κ2) is 10.8. The molecule has 204 valence electrons. The zero-order valence-electron chi connectivity index (χ0n) is 21.4. The second-order valence-electron chi connectivity index (χ2n) is 10.3. The molecular formula is C28H28Cl2N4O5. The van der Waals surface area contributed by atoms with Gasteiger partial charge in [0.15, 0.2) is 0 Å². The molecule has 11 heteroatoms. The normalized spacial score (nSPS) is 22.1. The van der Waals surface area contributed by atoms with E-state index in [0.29, 0.717) is 39.5 Å². The predicted octanol–water partition coefficient (Wildman–Crippen LogP) is 6.45. The third-order valence-electron chi connectivity index (χ3n) is 7.76. The molecule has 0 radical (unpaired) electrons. The van der Waals surface area contributed by atoms with Crippen molar-refractivity contribution in [1.82, 2.24) is 15.0 Å². The summed E-state index contributed by atoms with van der Waals surface area (Å²) >= 11 is 13.0. The largest absolute Gasteiger partial charge is 0.464 e. The molecule has 1 aliphatic carbocycles. The highest BCUT2D eigenvalue weighted by atomic mass is 35.5. The van der Waals surface area contributed by atoms with Gasteiger partial charge in [0.25, 0.3) is 0 Å². The van der Waals surface area contributed by atoms with Crippen molar-refractivity contribution in [3.05, 3.63) is 63.6 Å². The number of piperidine rings is 1. The number of hydrogen-bond donors (Lipinski definition) is 1. The van der Waals surface area contributed by atoms with Gasteiger partial charge in [-0.3, -0.25) is 0 Å². The van der Waals surface area contributed by atoms with Crippen molar-refractivity contribution in [2.75, 3.05) is 12.4 Å². The summed E-state index contributed by atoms with van der Waals surface area (Å²) in [5.41, 5.74) is 2.92. The van der Waals surface area contributed by atoms with Crippen molar-refractivity contribution >= 4 is 40.9 Å². The number of amides is 2. The summed E-state index contributed by atoms with van der Waals surface area (Å²) in [4.78, 5) is 30.8. The van der Waals surface area contributed by atoms with Crippen LogP contribution < -0.4 is 5.32 Å². The first-order valence-corrected chi connectivity index (χ1v) is 13.9. The number of benzene rings is 1. The first-order valence-electron chi connectivity index (χ1n) is 13.1. The average Bonchev–Trinajstić information content (AvgIpc) is 3.64. The van der Waals surface area contributed by atoms with Gasteiger partial charge in [0.1, 0.15) is 17.1 Å². The van der Waals surface area contributed by atoms with Gasteiger partial charge in [-0.1, -0.05) is 34.4 Å². The van der Waals surface area contributed by atoms with Crippen molar-refractivity contribution < 1.29 is 23.6 Å². The molecule has 2 bridgehead atoms. The van der Waals surface area contributed by atoms with Crippen LogP contribution in [0.1, 0.15) is 66.3 Å². The van der Waals surface area contributed by atoms with Crippen LogP contribution in [0.5, 0.6) is 0 Å². The first-order chi connectivity index (χ1) is 18.9. The zero-order valence-corrected chi connectivity index (χ0v) is 22.9. The highest BCUT2D eigenvalue weighted by Crippen LogP contribution is 2.46. The monoisotopic (exact) mass is 570 g/mol. The molecule has 3 fully saturated rings. The lowest BCUT2D eigenvalue weighted by atomic mass is 9.99. The van der Waals surface area contributed by atoms with Crippen molar-refractivity contribution in [2.24, 2.45) is 0 Å². The number of rotatable bonds is 7. The van der Waals surface area contributed by atoms with E-state index < -0.39 is 5.97 Å². The molecule has 2 amide bonds. The molecule has 1 saturated carbocycles. The number of ether oxygens (including phenoxy) is 2. The summed E-state index contributed by atoms with van der Waals surface area (Å²) in [5, 5.41) is 8.31. The number of methoxy groups -OCH3 is 1. The van der Waals surface area contributed by atoms with Gasteiger partial charge in [0, 0.05) is 29.1 Å². The molecule has 1 aromatic carbocycles. The number of fused-ring (bicyclic) bond motifs is 2. The van der Waals surface area contributed by atoms with Crippen LogP contribution in [0.3, 0.4) is 0 Å². The number of urea groups is 1. The number of nitrogens with one attached hydrogen (secondary N) is 1. The van der Waals surface area contributed by atoms with Crippen molar-refractivity contribution in [3.63, 3.8) is 0 Å². The number of hydrogen-bond acceptors (Lipinski definition) is 7. The van der Waals surface area contributed by atoms with Crippen LogP contribution in [-0.2, 0) is 16.1 Å². The van der Waals surface area contributed by atoms with E-state index in [9.17, 15) is 9.59 Å². The van der Waals surface area contributed by atoms with Crippen LogP contribution >= 0.6 is 23.2 Å². The van der Waals surface area contributed by atoms with Gasteiger partial charge in [-0.2, -0.15) is 0 Å². The van der Waals surface area contributed by atoms with Crippen LogP contribution in [0.15, 0.2) is 41.1 Å². The molecule has 3 aromatic rings. The second-order valence-corrected chi connectivity index (χ2v) is 11.1. The summed E-state index contributed by atoms with van der Waals surface area (Å²) in [6, 6.07) is 8.56. The molecule has 2 aliphatic heterocycles. The van der Waals surface area contributed by atoms with Crippen LogP contribution in [0.2, 0.25) is 10.0 Å². The van der Waals surface area contributed by atoms with Gasteiger partial charge < -0.3 is 24.2 Å². The van der Waals surface area contributed by atoms with E-state index >= 15 is 0 Å². The number of esters is 1. The molecule has 6 rings (SSSR count). The highest BCUT2D eigenvalue weighted by Gasteiger charge is 2.44. The first kappa shape index (κ1) is 26.1. The Labute approximate surface area is 235 Å². The SMILES string of the molecule is COC(=O)c1ccc(NC(=O)N2C3CC[C@H]2CC(OCc2c(-c4c(Cl)cccc4Cl)noc2C2CC2)C3)cn1. The number of nitrogens with zero attached hydrogens (tertiary/aromatic N) is 3. The van der Waals surface area contributed by atoms with Gasteiger partial charge in [-0.15, -0.1) is 0 Å². The van der Waals surface area contributed by atoms with Crippen LogP contribution in [0.25, 0.3) is 11.3 Å². The summed E-state index contributed by atoms with van der Waals surface area (Å²) in [7, 11) is 1.30. The minimum atomic E-state index is -0.523. The standard InChI is InChI=1S/C28H28Cl2N4O5/c1-37-27(35)23-10-7-16(13-31-23)32-28(36)34-17-8-9-18(34)12-19(11-17)38-14-20-25(33-39-26(20)15-5-6-15)24-21(29)3-2-4-22(24)30/h2-4,7,10,13,15,17-19H,5-6,8-9,11-12,14H2,1H3,(H,32,36)/t17-,18?,19?/m0/s1. The molecule has 0 spiro atoms. The maximum atomic E-state index is 13.2. The minimum Gasteiger partial charge on any atom is -0.464 e. The van der Waals surface area contributed by atoms with Gasteiger partial charge in [-0.25, -0.2) is 14.6 Å². The highest BCUT2D eigenvalue weighted by molar-refractivity contribution is 6.39. The van der Waals surface area contributed by atoms with Crippen LogP contribution in [-0.4, -0.2) is 52.3 Å². The Morgan fingerprint density at radius 1 is 1.08 bits per heavy atom. The molecule has 3 aliphatic rings. The number of aromatic nitrogens is 2. The molecule has 39 heavy (non-hydrogen) atoms. The maximum absolute atomic E-state index is 13.2. The number of carbonyl (C=O) groups is 2. The molecule has 9 nitrogen and oxygen atoms in total. The fourth-order valence-electron chi connectivity index (χ4n) is 5.73. The maximum Gasteiger partial charge on any atom is 0.356 e. The third kappa shape index (κ3) is 5.23. The Morgan fingerprint density at radius 3 is 2.41 bits per heavy atom. The van der Waals surface area contributed by atoms with E-state index in [1.807, 2.05) is 4.90 Å². The molecule has 1 N–H and O–H groups in total. The quantitative estimate of drug-likeness (QED) is 0.325. The van der Waals surface area contributed by atoms with Crippen LogP contribution in [0, 0.1) is 0 Å². The molecule has 4 heterocycles. The summed E-state index contributed by atoms with van der Waals surface area (Å²) in [5.74, 6) is 0.683. The van der Waals surface area contributed by atoms with Crippen molar-refractivity contribution in [2.45, 2.75) is 69.2 Å². The zero-order chi connectivity index (χ0) is 27.1. The lowest BCUT2D eigenvalue weighted by Crippen LogP contribution is -2.50. The molecule has 2 saturated heterocycles. The number of pyridine rings is 1. The Morgan fingerprint density at radius 2 is 1.79 bits per heavy atom. The lowest BCUT2D eigenvalue weighted by molar-refractivity contribution is -0.0158. The van der Waals surface area contributed by atoms with E-state index in [1.54, 1.807) is 24.3 Å². The molecule has 3 atom stereocenters. The Hall–Kier alpha value is -3.14. The van der Waals surface area contributed by atoms with Crippen molar-refractivity contribution in [3.8, 4) is 11.3 Å². The topological polar surface area (TPSA) is 107 Å². The van der Waals surface area contributed by atoms with Crippen molar-refractivity contribution in [1.29, 1.82) is 0 Å². The van der Waals surface area contributed by atoms with E-state index in [2.05, 4.69) is 20.2 Å². The Balaban J connectivity index is 1.12. The predicted molar refractivity (Wildman–Crippen MR) is 145 cm³/mol. The number of halogens is 2. The summed E-state index contributed by atoms with van der Waals surface area (Å²) in [6.45, 7) is 0.348.